The lowest BCUT2D eigenvalue weighted by Gasteiger charge is -2.27. The summed E-state index contributed by atoms with van der Waals surface area (Å²) < 4.78 is 31.6. The highest BCUT2D eigenvalue weighted by atomic mass is 35.5. The number of hydrogen-bond donors (Lipinski definition) is 2. The molecule has 0 radical (unpaired) electrons. The SMILES string of the molecule is CCc1cc(Cl)cc(CC)c1NC(=O)CN1C[C@H](c2cc(F)c3c(c2)OCO3)[C@@H](C(=O)O)[C@@H]1c1ccc(OCC2CC2)cc1. The molecule has 2 fully saturated rings. The van der Waals surface area contributed by atoms with Crippen LogP contribution in [0.15, 0.2) is 48.5 Å². The monoisotopic (exact) mass is 622 g/mol. The van der Waals surface area contributed by atoms with Crippen molar-refractivity contribution >= 4 is 29.2 Å². The number of fused-ring (bicyclic) bond motifs is 1. The quantitative estimate of drug-likeness (QED) is 0.249. The molecule has 10 heteroatoms. The van der Waals surface area contributed by atoms with Crippen molar-refractivity contribution < 1.29 is 33.3 Å². The van der Waals surface area contributed by atoms with Gasteiger partial charge in [-0.1, -0.05) is 37.6 Å². The number of hydrogen-bond acceptors (Lipinski definition) is 6. The molecule has 2 N–H and O–H groups in total. The second-order valence-electron chi connectivity index (χ2n) is 11.8. The lowest BCUT2D eigenvalue weighted by Crippen LogP contribution is -2.35. The minimum Gasteiger partial charge on any atom is -0.493 e. The summed E-state index contributed by atoms with van der Waals surface area (Å²) in [6.45, 7) is 4.72. The zero-order valence-electron chi connectivity index (χ0n) is 24.8. The number of carboxylic acids is 1. The largest absolute Gasteiger partial charge is 0.493 e. The molecule has 1 aliphatic carbocycles. The van der Waals surface area contributed by atoms with Crippen LogP contribution in [0, 0.1) is 17.7 Å². The molecule has 3 aliphatic rings. The summed E-state index contributed by atoms with van der Waals surface area (Å²) in [6, 6.07) is 13.4. The van der Waals surface area contributed by atoms with Crippen LogP contribution in [-0.4, -0.2) is 48.4 Å². The number of carbonyl (C=O) groups is 2. The molecule has 0 aromatic heterocycles. The van der Waals surface area contributed by atoms with E-state index in [1.807, 2.05) is 55.1 Å². The maximum Gasteiger partial charge on any atom is 0.309 e. The van der Waals surface area contributed by atoms with Crippen molar-refractivity contribution in [2.24, 2.45) is 11.8 Å². The second-order valence-corrected chi connectivity index (χ2v) is 12.2. The van der Waals surface area contributed by atoms with Crippen molar-refractivity contribution in [3.8, 4) is 17.2 Å². The van der Waals surface area contributed by atoms with Gasteiger partial charge in [-0.05, 0) is 90.3 Å². The topological polar surface area (TPSA) is 97.3 Å². The number of likely N-dealkylation sites (tertiary alicyclic amines) is 1. The zero-order chi connectivity index (χ0) is 31.0. The van der Waals surface area contributed by atoms with Crippen LogP contribution in [0.5, 0.6) is 17.2 Å². The van der Waals surface area contributed by atoms with E-state index in [4.69, 9.17) is 25.8 Å². The fourth-order valence-electron chi connectivity index (χ4n) is 6.40. The molecule has 0 unspecified atom stereocenters. The number of aryl methyl sites for hydroxylation is 2. The number of benzene rings is 3. The first-order valence-corrected chi connectivity index (χ1v) is 15.5. The summed E-state index contributed by atoms with van der Waals surface area (Å²) >= 11 is 6.33. The third kappa shape index (κ3) is 6.21. The Hall–Kier alpha value is -3.82. The van der Waals surface area contributed by atoms with E-state index in [0.29, 0.717) is 41.7 Å². The molecule has 1 saturated heterocycles. The van der Waals surface area contributed by atoms with Crippen LogP contribution in [0.25, 0.3) is 0 Å². The van der Waals surface area contributed by atoms with Gasteiger partial charge >= 0.3 is 5.97 Å². The van der Waals surface area contributed by atoms with Crippen LogP contribution in [0.1, 0.15) is 60.9 Å². The van der Waals surface area contributed by atoms with E-state index in [9.17, 15) is 19.1 Å². The van der Waals surface area contributed by atoms with Crippen molar-refractivity contribution in [3.05, 3.63) is 81.6 Å². The smallest absolute Gasteiger partial charge is 0.309 e. The van der Waals surface area contributed by atoms with Crippen molar-refractivity contribution in [1.29, 1.82) is 0 Å². The fourth-order valence-corrected chi connectivity index (χ4v) is 6.66. The van der Waals surface area contributed by atoms with Crippen molar-refractivity contribution in [2.75, 3.05) is 31.8 Å². The van der Waals surface area contributed by atoms with E-state index < -0.39 is 29.7 Å². The summed E-state index contributed by atoms with van der Waals surface area (Å²) in [6.07, 6.45) is 3.72. The van der Waals surface area contributed by atoms with Gasteiger partial charge in [0.1, 0.15) is 5.75 Å². The zero-order valence-corrected chi connectivity index (χ0v) is 25.5. The third-order valence-electron chi connectivity index (χ3n) is 8.80. The molecule has 6 rings (SSSR count). The molecule has 0 spiro atoms. The summed E-state index contributed by atoms with van der Waals surface area (Å²) in [7, 11) is 0. The first kappa shape index (κ1) is 30.2. The van der Waals surface area contributed by atoms with Gasteiger partial charge in [0, 0.05) is 29.2 Å². The van der Waals surface area contributed by atoms with Crippen LogP contribution < -0.4 is 19.5 Å². The summed E-state index contributed by atoms with van der Waals surface area (Å²) in [5.74, 6) is -1.91. The van der Waals surface area contributed by atoms with Gasteiger partial charge in [0.15, 0.2) is 11.6 Å². The highest BCUT2D eigenvalue weighted by Crippen LogP contribution is 2.48. The number of amides is 1. The molecule has 8 nitrogen and oxygen atoms in total. The number of carbonyl (C=O) groups excluding carboxylic acids is 1. The predicted octanol–water partition coefficient (Wildman–Crippen LogP) is 6.60. The molecule has 2 aliphatic heterocycles. The molecule has 0 bridgehead atoms. The minimum absolute atomic E-state index is 0.0228. The van der Waals surface area contributed by atoms with Gasteiger partial charge in [-0.3, -0.25) is 14.5 Å². The summed E-state index contributed by atoms with van der Waals surface area (Å²) in [4.78, 5) is 28.5. The first-order valence-electron chi connectivity index (χ1n) is 15.2. The number of ether oxygens (including phenoxy) is 3. The normalized spacial score (nSPS) is 21.0. The Labute approximate surface area is 261 Å². The Morgan fingerprint density at radius 2 is 1.75 bits per heavy atom. The average Bonchev–Trinajstić information content (AvgIpc) is 3.57. The molecule has 44 heavy (non-hydrogen) atoms. The second kappa shape index (κ2) is 12.7. The third-order valence-corrected chi connectivity index (χ3v) is 9.02. The minimum atomic E-state index is -1.03. The number of anilines is 1. The van der Waals surface area contributed by atoms with Gasteiger partial charge in [0.05, 0.1) is 19.1 Å². The van der Waals surface area contributed by atoms with Gasteiger partial charge in [0.2, 0.25) is 18.4 Å². The van der Waals surface area contributed by atoms with Crippen LogP contribution >= 0.6 is 11.6 Å². The van der Waals surface area contributed by atoms with E-state index in [1.165, 1.54) is 18.9 Å². The van der Waals surface area contributed by atoms with Gasteiger partial charge in [-0.25, -0.2) is 4.39 Å². The molecule has 1 amide bonds. The van der Waals surface area contributed by atoms with Gasteiger partial charge in [-0.15, -0.1) is 0 Å². The maximum atomic E-state index is 15.0. The number of rotatable bonds is 11. The Morgan fingerprint density at radius 3 is 2.39 bits per heavy atom. The molecule has 232 valence electrons. The van der Waals surface area contributed by atoms with Crippen molar-refractivity contribution in [1.82, 2.24) is 4.90 Å². The van der Waals surface area contributed by atoms with Crippen LogP contribution in [0.3, 0.4) is 0 Å². The molecular formula is C34H36ClFN2O6. The molecule has 2 heterocycles. The fraction of sp³-hybridized carbons (Fsp3) is 0.412. The lowest BCUT2D eigenvalue weighted by molar-refractivity contribution is -0.143. The van der Waals surface area contributed by atoms with E-state index in [2.05, 4.69) is 5.32 Å². The van der Waals surface area contributed by atoms with Crippen molar-refractivity contribution in [2.45, 2.75) is 51.5 Å². The van der Waals surface area contributed by atoms with Crippen LogP contribution in [0.4, 0.5) is 10.1 Å². The molecule has 3 aromatic carbocycles. The van der Waals surface area contributed by atoms with Crippen molar-refractivity contribution in [3.63, 3.8) is 0 Å². The summed E-state index contributed by atoms with van der Waals surface area (Å²) in [5.41, 5.74) is 3.82. The molecule has 1 saturated carbocycles. The molecule has 3 atom stereocenters. The van der Waals surface area contributed by atoms with E-state index in [-0.39, 0.29) is 37.3 Å². The number of nitrogens with zero attached hydrogens (tertiary/aromatic N) is 1. The van der Waals surface area contributed by atoms with E-state index in [0.717, 1.165) is 22.4 Å². The van der Waals surface area contributed by atoms with Gasteiger partial charge < -0.3 is 24.6 Å². The highest BCUT2D eigenvalue weighted by Gasteiger charge is 2.48. The van der Waals surface area contributed by atoms with Crippen LogP contribution in [-0.2, 0) is 22.4 Å². The first-order chi connectivity index (χ1) is 21.2. The maximum absolute atomic E-state index is 15.0. The van der Waals surface area contributed by atoms with Crippen LogP contribution in [0.2, 0.25) is 5.02 Å². The van der Waals surface area contributed by atoms with E-state index >= 15 is 0 Å². The van der Waals surface area contributed by atoms with E-state index in [1.54, 1.807) is 6.07 Å². The van der Waals surface area contributed by atoms with Gasteiger partial charge in [0.25, 0.3) is 0 Å². The Morgan fingerprint density at radius 1 is 1.05 bits per heavy atom. The van der Waals surface area contributed by atoms with Gasteiger partial charge in [-0.2, -0.15) is 0 Å². The highest BCUT2D eigenvalue weighted by molar-refractivity contribution is 6.30. The number of carboxylic acid groups (broad SMARTS) is 1. The Balaban J connectivity index is 1.32. The average molecular weight is 623 g/mol. The standard InChI is InChI=1S/C34H36ClFN2O6/c1-3-20-11-24(35)12-21(4-2)31(20)37-29(39)16-38-15-26(23-13-27(36)33-28(14-23)43-18-44-33)30(34(40)41)32(38)22-7-9-25(10-8-22)42-17-19-5-6-19/h7-14,19,26,30,32H,3-6,15-18H2,1-2H3,(H,37,39)(H,40,41)/t26-,30-,32+/m1/s1. The Kier molecular flexibility index (Phi) is 8.69. The molecular weight excluding hydrogens is 587 g/mol. The number of aliphatic carboxylic acids is 1. The predicted molar refractivity (Wildman–Crippen MR) is 164 cm³/mol. The lowest BCUT2D eigenvalue weighted by atomic mass is 9.82. The number of halogens is 2. The Bertz CT molecular complexity index is 1540. The number of nitrogens with one attached hydrogen (secondary N) is 1. The summed E-state index contributed by atoms with van der Waals surface area (Å²) in [5, 5.41) is 14.3. The molecule has 3 aromatic rings.